The third-order valence-electron chi connectivity index (χ3n) is 5.56. The first-order chi connectivity index (χ1) is 14.8. The van der Waals surface area contributed by atoms with Crippen molar-refractivity contribution in [1.82, 2.24) is 10.2 Å². The summed E-state index contributed by atoms with van der Waals surface area (Å²) in [7, 11) is -3.09. The first kappa shape index (κ1) is 26.6. The third-order valence-corrected chi connectivity index (χ3v) is 8.10. The van der Waals surface area contributed by atoms with Gasteiger partial charge < -0.3 is 15.0 Å². The fourth-order valence-electron chi connectivity index (χ4n) is 3.62. The van der Waals surface area contributed by atoms with Gasteiger partial charge in [0.1, 0.15) is 0 Å². The van der Waals surface area contributed by atoms with Gasteiger partial charge in [-0.05, 0) is 37.5 Å². The van der Waals surface area contributed by atoms with E-state index in [4.69, 9.17) is 9.73 Å². The van der Waals surface area contributed by atoms with E-state index in [2.05, 4.69) is 34.5 Å². The van der Waals surface area contributed by atoms with Crippen molar-refractivity contribution in [2.75, 3.05) is 25.4 Å². The molecule has 0 aromatic heterocycles. The molecule has 0 amide bonds. The Labute approximate surface area is 209 Å². The SMILES string of the molecule is CCNC(=NCc1ccccc1COCc1ccccc1)N1CCS(=O)(=O)C(C)(C)C1.I. The Bertz CT molecular complexity index is 995. The Morgan fingerprint density at radius 1 is 1.06 bits per heavy atom. The van der Waals surface area contributed by atoms with Crippen LogP contribution >= 0.6 is 24.0 Å². The number of ether oxygens (including phenoxy) is 1. The van der Waals surface area contributed by atoms with E-state index in [1.54, 1.807) is 13.8 Å². The van der Waals surface area contributed by atoms with Crippen LogP contribution in [-0.2, 0) is 34.3 Å². The summed E-state index contributed by atoms with van der Waals surface area (Å²) in [4.78, 5) is 6.88. The maximum atomic E-state index is 12.4. The van der Waals surface area contributed by atoms with Gasteiger partial charge >= 0.3 is 0 Å². The van der Waals surface area contributed by atoms with E-state index >= 15 is 0 Å². The predicted molar refractivity (Wildman–Crippen MR) is 141 cm³/mol. The van der Waals surface area contributed by atoms with Crippen molar-refractivity contribution in [1.29, 1.82) is 0 Å². The van der Waals surface area contributed by atoms with Gasteiger partial charge in [-0.1, -0.05) is 54.6 Å². The van der Waals surface area contributed by atoms with Crippen LogP contribution in [0.5, 0.6) is 0 Å². The molecule has 0 atom stereocenters. The average molecular weight is 572 g/mol. The Morgan fingerprint density at radius 2 is 1.72 bits per heavy atom. The number of hydrogen-bond acceptors (Lipinski definition) is 4. The normalized spacial score (nSPS) is 17.5. The van der Waals surface area contributed by atoms with Crippen LogP contribution in [-0.4, -0.2) is 49.4 Å². The van der Waals surface area contributed by atoms with Gasteiger partial charge in [-0.2, -0.15) is 0 Å². The number of aliphatic imine (C=N–C) groups is 1. The molecule has 1 aliphatic heterocycles. The molecular weight excluding hydrogens is 537 g/mol. The molecule has 1 N–H and O–H groups in total. The highest BCUT2D eigenvalue weighted by Crippen LogP contribution is 2.24. The second-order valence-electron chi connectivity index (χ2n) is 8.42. The molecule has 32 heavy (non-hydrogen) atoms. The minimum Gasteiger partial charge on any atom is -0.372 e. The molecule has 176 valence electrons. The van der Waals surface area contributed by atoms with E-state index < -0.39 is 14.6 Å². The van der Waals surface area contributed by atoms with Crippen molar-refractivity contribution in [2.24, 2.45) is 4.99 Å². The molecule has 1 heterocycles. The van der Waals surface area contributed by atoms with Gasteiger partial charge in [0.25, 0.3) is 0 Å². The minimum absolute atomic E-state index is 0. The van der Waals surface area contributed by atoms with E-state index in [-0.39, 0.29) is 29.7 Å². The lowest BCUT2D eigenvalue weighted by Crippen LogP contribution is -2.57. The standard InChI is InChI=1S/C24H33N3O3S.HI/c1-4-25-23(27-14-15-31(28,29)24(2,3)19-27)26-16-21-12-8-9-13-22(21)18-30-17-20-10-6-5-7-11-20;/h5-13H,4,14-19H2,1-3H3,(H,25,26);1H. The van der Waals surface area contributed by atoms with Gasteiger partial charge in [-0.25, -0.2) is 13.4 Å². The van der Waals surface area contributed by atoms with Crippen LogP contribution in [0.1, 0.15) is 37.5 Å². The number of halogens is 1. The summed E-state index contributed by atoms with van der Waals surface area (Å²) in [6.07, 6.45) is 0. The van der Waals surface area contributed by atoms with E-state index in [1.807, 2.05) is 37.3 Å². The first-order valence-electron chi connectivity index (χ1n) is 10.8. The van der Waals surface area contributed by atoms with Gasteiger partial charge in [0.2, 0.25) is 0 Å². The van der Waals surface area contributed by atoms with Gasteiger partial charge in [-0.15, -0.1) is 24.0 Å². The molecule has 2 aromatic carbocycles. The fourth-order valence-corrected chi connectivity index (χ4v) is 4.98. The Hall–Kier alpha value is -1.65. The summed E-state index contributed by atoms with van der Waals surface area (Å²) in [5, 5.41) is 3.32. The molecule has 0 saturated carbocycles. The maximum absolute atomic E-state index is 12.4. The summed E-state index contributed by atoms with van der Waals surface area (Å²) in [5.41, 5.74) is 3.37. The topological polar surface area (TPSA) is 71.0 Å². The molecule has 0 radical (unpaired) electrons. The smallest absolute Gasteiger partial charge is 0.194 e. The highest BCUT2D eigenvalue weighted by molar-refractivity contribution is 14.0. The zero-order chi connectivity index (χ0) is 22.3. The van der Waals surface area contributed by atoms with Crippen LogP contribution in [0.25, 0.3) is 0 Å². The molecule has 8 heteroatoms. The van der Waals surface area contributed by atoms with Gasteiger partial charge in [0.05, 0.1) is 30.3 Å². The number of nitrogens with zero attached hydrogens (tertiary/aromatic N) is 2. The predicted octanol–water partition coefficient (Wildman–Crippen LogP) is 4.00. The average Bonchev–Trinajstić information content (AvgIpc) is 2.75. The summed E-state index contributed by atoms with van der Waals surface area (Å²) in [6, 6.07) is 18.3. The van der Waals surface area contributed by atoms with Crippen molar-refractivity contribution in [3.05, 3.63) is 71.3 Å². The van der Waals surface area contributed by atoms with Crippen molar-refractivity contribution in [2.45, 2.75) is 45.3 Å². The van der Waals surface area contributed by atoms with Crippen molar-refractivity contribution in [3.63, 3.8) is 0 Å². The molecule has 0 spiro atoms. The van der Waals surface area contributed by atoms with E-state index in [0.717, 1.165) is 29.2 Å². The minimum atomic E-state index is -3.09. The Morgan fingerprint density at radius 3 is 2.38 bits per heavy atom. The molecule has 3 rings (SSSR count). The van der Waals surface area contributed by atoms with Crippen LogP contribution in [0.2, 0.25) is 0 Å². The van der Waals surface area contributed by atoms with E-state index in [9.17, 15) is 8.42 Å². The second-order valence-corrected chi connectivity index (χ2v) is 11.2. The van der Waals surface area contributed by atoms with Crippen LogP contribution in [0.3, 0.4) is 0 Å². The molecule has 0 aliphatic carbocycles. The van der Waals surface area contributed by atoms with Crippen LogP contribution in [0.15, 0.2) is 59.6 Å². The van der Waals surface area contributed by atoms with Gasteiger partial charge in [0, 0.05) is 19.6 Å². The summed E-state index contributed by atoms with van der Waals surface area (Å²) < 4.78 is 29.8. The Kier molecular flexibility index (Phi) is 9.97. The molecule has 0 bridgehead atoms. The fraction of sp³-hybridized carbons (Fsp3) is 0.458. The lowest BCUT2D eigenvalue weighted by Gasteiger charge is -2.39. The monoisotopic (exact) mass is 571 g/mol. The quantitative estimate of drug-likeness (QED) is 0.309. The van der Waals surface area contributed by atoms with Crippen molar-refractivity contribution < 1.29 is 13.2 Å². The second kappa shape index (κ2) is 12.0. The van der Waals surface area contributed by atoms with E-state index in [1.165, 1.54) is 0 Å². The Balaban J connectivity index is 0.00000363. The number of benzene rings is 2. The van der Waals surface area contributed by atoms with Crippen molar-refractivity contribution >= 4 is 39.8 Å². The summed E-state index contributed by atoms with van der Waals surface area (Å²) in [6.45, 7) is 8.82. The summed E-state index contributed by atoms with van der Waals surface area (Å²) >= 11 is 0. The number of guanidine groups is 1. The molecule has 2 aromatic rings. The van der Waals surface area contributed by atoms with Crippen LogP contribution in [0.4, 0.5) is 0 Å². The number of rotatable bonds is 7. The zero-order valence-corrected chi connectivity index (χ0v) is 22.2. The molecule has 0 unspecified atom stereocenters. The highest BCUT2D eigenvalue weighted by Gasteiger charge is 2.40. The van der Waals surface area contributed by atoms with Gasteiger partial charge in [-0.3, -0.25) is 0 Å². The zero-order valence-electron chi connectivity index (χ0n) is 19.1. The van der Waals surface area contributed by atoms with Gasteiger partial charge in [0.15, 0.2) is 15.8 Å². The first-order valence-corrected chi connectivity index (χ1v) is 12.4. The van der Waals surface area contributed by atoms with Crippen molar-refractivity contribution in [3.8, 4) is 0 Å². The lowest BCUT2D eigenvalue weighted by atomic mass is 10.1. The molecule has 6 nitrogen and oxygen atoms in total. The molecule has 1 fully saturated rings. The highest BCUT2D eigenvalue weighted by atomic mass is 127. The number of nitrogens with one attached hydrogen (secondary N) is 1. The maximum Gasteiger partial charge on any atom is 0.194 e. The largest absolute Gasteiger partial charge is 0.372 e. The molecule has 1 saturated heterocycles. The third kappa shape index (κ3) is 6.92. The lowest BCUT2D eigenvalue weighted by molar-refractivity contribution is 0.106. The molecular formula is C24H34IN3O3S. The van der Waals surface area contributed by atoms with E-state index in [0.29, 0.717) is 32.8 Å². The number of hydrogen-bond donors (Lipinski definition) is 1. The van der Waals surface area contributed by atoms with Crippen LogP contribution in [0, 0.1) is 0 Å². The summed E-state index contributed by atoms with van der Waals surface area (Å²) in [5.74, 6) is 0.902. The molecule has 1 aliphatic rings. The number of sulfone groups is 1. The van der Waals surface area contributed by atoms with Crippen LogP contribution < -0.4 is 5.32 Å².